The van der Waals surface area contributed by atoms with Gasteiger partial charge >= 0.3 is 0 Å². The van der Waals surface area contributed by atoms with Crippen LogP contribution in [0, 0.1) is 0 Å². The van der Waals surface area contributed by atoms with E-state index in [9.17, 15) is 0 Å². The first-order valence-corrected chi connectivity index (χ1v) is 5.11. The number of hydrogen-bond acceptors (Lipinski definition) is 7. The SMILES string of the molecule is CO/N=C(\C)C1(C)OOC(C)(/C(C)=N/OC)O1. The summed E-state index contributed by atoms with van der Waals surface area (Å²) < 4.78 is 5.70. The Kier molecular flexibility index (Phi) is 4.07. The molecule has 0 amide bonds. The van der Waals surface area contributed by atoms with Gasteiger partial charge < -0.3 is 14.4 Å². The summed E-state index contributed by atoms with van der Waals surface area (Å²) in [4.78, 5) is 19.7. The van der Waals surface area contributed by atoms with Crippen molar-refractivity contribution in [3.05, 3.63) is 0 Å². The van der Waals surface area contributed by atoms with Crippen molar-refractivity contribution in [2.45, 2.75) is 39.3 Å². The fourth-order valence-corrected chi connectivity index (χ4v) is 1.27. The van der Waals surface area contributed by atoms with Crippen LogP contribution < -0.4 is 0 Å². The van der Waals surface area contributed by atoms with Gasteiger partial charge in [-0.3, -0.25) is 0 Å². The third-order valence-corrected chi connectivity index (χ3v) is 2.52. The van der Waals surface area contributed by atoms with Gasteiger partial charge in [-0.15, -0.1) is 0 Å². The number of oxime groups is 2. The predicted molar refractivity (Wildman–Crippen MR) is 60.3 cm³/mol. The second-order valence-corrected chi connectivity index (χ2v) is 3.88. The van der Waals surface area contributed by atoms with Crippen molar-refractivity contribution in [3.63, 3.8) is 0 Å². The van der Waals surface area contributed by atoms with Gasteiger partial charge in [-0.2, -0.15) is 9.78 Å². The first-order valence-electron chi connectivity index (χ1n) is 5.11. The van der Waals surface area contributed by atoms with Crippen LogP contribution in [-0.4, -0.2) is 37.2 Å². The van der Waals surface area contributed by atoms with Gasteiger partial charge in [0.1, 0.15) is 25.6 Å². The molecular weight excluding hydrogens is 228 g/mol. The average molecular weight is 246 g/mol. The summed E-state index contributed by atoms with van der Waals surface area (Å²) >= 11 is 0. The minimum absolute atomic E-state index is 0.494. The van der Waals surface area contributed by atoms with Crippen LogP contribution in [0.5, 0.6) is 0 Å². The third-order valence-electron chi connectivity index (χ3n) is 2.52. The number of nitrogens with zero attached hydrogens (tertiary/aromatic N) is 2. The van der Waals surface area contributed by atoms with Gasteiger partial charge in [0.25, 0.3) is 0 Å². The maximum atomic E-state index is 5.70. The molecule has 1 saturated heterocycles. The fourth-order valence-electron chi connectivity index (χ4n) is 1.27. The molecular formula is C10H18N2O5. The largest absolute Gasteiger partial charge is 0.399 e. The summed E-state index contributed by atoms with van der Waals surface area (Å²) in [5, 5.41) is 7.53. The molecule has 0 radical (unpaired) electrons. The van der Waals surface area contributed by atoms with Crippen molar-refractivity contribution in [2.75, 3.05) is 14.2 Å². The molecule has 7 heteroatoms. The van der Waals surface area contributed by atoms with Crippen molar-refractivity contribution >= 4 is 11.4 Å². The Bertz CT molecular complexity index is 312. The Morgan fingerprint density at radius 2 is 1.24 bits per heavy atom. The summed E-state index contributed by atoms with van der Waals surface area (Å²) in [6.07, 6.45) is 0. The van der Waals surface area contributed by atoms with Gasteiger partial charge in [-0.1, -0.05) is 10.3 Å². The average Bonchev–Trinajstić information content (AvgIpc) is 2.59. The van der Waals surface area contributed by atoms with Gasteiger partial charge in [0.05, 0.1) is 0 Å². The van der Waals surface area contributed by atoms with E-state index < -0.39 is 11.6 Å². The van der Waals surface area contributed by atoms with Crippen LogP contribution >= 0.6 is 0 Å². The molecule has 0 saturated carbocycles. The minimum Gasteiger partial charge on any atom is -0.399 e. The molecule has 1 heterocycles. The maximum absolute atomic E-state index is 5.70. The van der Waals surface area contributed by atoms with Crippen molar-refractivity contribution in [2.24, 2.45) is 10.3 Å². The molecule has 0 aliphatic carbocycles. The fraction of sp³-hybridized carbons (Fsp3) is 0.800. The highest BCUT2D eigenvalue weighted by Gasteiger charge is 2.52. The second kappa shape index (κ2) is 4.99. The van der Waals surface area contributed by atoms with E-state index in [1.165, 1.54) is 14.2 Å². The predicted octanol–water partition coefficient (Wildman–Crippen LogP) is 1.44. The first kappa shape index (κ1) is 13.9. The molecule has 0 aromatic rings. The summed E-state index contributed by atoms with van der Waals surface area (Å²) in [6.45, 7) is 6.77. The van der Waals surface area contributed by atoms with E-state index in [2.05, 4.69) is 20.0 Å². The van der Waals surface area contributed by atoms with Crippen molar-refractivity contribution < 1.29 is 24.2 Å². The van der Waals surface area contributed by atoms with Crippen molar-refractivity contribution in [3.8, 4) is 0 Å². The lowest BCUT2D eigenvalue weighted by atomic mass is 10.1. The van der Waals surface area contributed by atoms with Gasteiger partial charge in [0.15, 0.2) is 0 Å². The molecule has 1 fully saturated rings. The lowest BCUT2D eigenvalue weighted by Crippen LogP contribution is -2.41. The molecule has 0 aromatic carbocycles. The summed E-state index contributed by atoms with van der Waals surface area (Å²) in [5.74, 6) is -2.23. The van der Waals surface area contributed by atoms with Crippen LogP contribution in [0.3, 0.4) is 0 Å². The Labute approximate surface area is 100 Å². The molecule has 7 nitrogen and oxygen atoms in total. The summed E-state index contributed by atoms with van der Waals surface area (Å²) in [7, 11) is 2.89. The molecule has 1 rings (SSSR count). The number of rotatable bonds is 4. The standard InChI is InChI=1S/C10H18N2O5/c1-7(11-13-5)9(3)15-10(4,17-16-9)8(2)12-14-6/h1-6H3/b11-7+,12-8+. The molecule has 98 valence electrons. The van der Waals surface area contributed by atoms with E-state index in [1.807, 2.05) is 0 Å². The van der Waals surface area contributed by atoms with E-state index >= 15 is 0 Å². The molecule has 0 N–H and O–H groups in total. The van der Waals surface area contributed by atoms with Gasteiger partial charge in [0.2, 0.25) is 11.6 Å². The third kappa shape index (κ3) is 2.74. The van der Waals surface area contributed by atoms with Crippen LogP contribution in [0.25, 0.3) is 0 Å². The highest BCUT2D eigenvalue weighted by molar-refractivity contribution is 5.91. The Hall–Kier alpha value is -1.18. The van der Waals surface area contributed by atoms with Gasteiger partial charge in [-0.25, -0.2) is 0 Å². The van der Waals surface area contributed by atoms with E-state index in [0.29, 0.717) is 11.4 Å². The van der Waals surface area contributed by atoms with Crippen LogP contribution in [0.4, 0.5) is 0 Å². The van der Waals surface area contributed by atoms with Crippen molar-refractivity contribution in [1.29, 1.82) is 0 Å². The zero-order valence-electron chi connectivity index (χ0n) is 10.9. The minimum atomic E-state index is -1.12. The van der Waals surface area contributed by atoms with Crippen LogP contribution in [0.1, 0.15) is 27.7 Å². The quantitative estimate of drug-likeness (QED) is 0.426. The molecule has 17 heavy (non-hydrogen) atoms. The molecule has 1 aliphatic heterocycles. The van der Waals surface area contributed by atoms with Gasteiger partial charge in [0, 0.05) is 0 Å². The Balaban J connectivity index is 2.88. The Morgan fingerprint density at radius 1 is 0.882 bits per heavy atom. The second-order valence-electron chi connectivity index (χ2n) is 3.88. The normalized spacial score (nSPS) is 34.9. The number of hydrogen-bond donors (Lipinski definition) is 0. The highest BCUT2D eigenvalue weighted by Crippen LogP contribution is 2.34. The first-order chi connectivity index (χ1) is 7.88. The summed E-state index contributed by atoms with van der Waals surface area (Å²) in [6, 6.07) is 0. The number of ether oxygens (including phenoxy) is 1. The van der Waals surface area contributed by atoms with E-state index in [0.717, 1.165) is 0 Å². The lowest BCUT2D eigenvalue weighted by Gasteiger charge is -2.22. The van der Waals surface area contributed by atoms with E-state index in [1.54, 1.807) is 27.7 Å². The van der Waals surface area contributed by atoms with E-state index in [4.69, 9.17) is 14.5 Å². The molecule has 0 bridgehead atoms. The van der Waals surface area contributed by atoms with E-state index in [-0.39, 0.29) is 0 Å². The summed E-state index contributed by atoms with van der Waals surface area (Å²) in [5.41, 5.74) is 0.989. The molecule has 0 spiro atoms. The van der Waals surface area contributed by atoms with Gasteiger partial charge in [-0.05, 0) is 27.7 Å². The maximum Gasteiger partial charge on any atom is 0.244 e. The van der Waals surface area contributed by atoms with Crippen LogP contribution in [0.2, 0.25) is 0 Å². The molecule has 1 aliphatic rings. The molecule has 0 aromatic heterocycles. The van der Waals surface area contributed by atoms with Crippen LogP contribution in [0.15, 0.2) is 10.3 Å². The van der Waals surface area contributed by atoms with Crippen molar-refractivity contribution in [1.82, 2.24) is 0 Å². The smallest absolute Gasteiger partial charge is 0.244 e. The molecule has 2 unspecified atom stereocenters. The lowest BCUT2D eigenvalue weighted by molar-refractivity contribution is -0.317. The Morgan fingerprint density at radius 3 is 1.53 bits per heavy atom. The topological polar surface area (TPSA) is 70.9 Å². The monoisotopic (exact) mass is 246 g/mol. The van der Waals surface area contributed by atoms with Crippen LogP contribution in [-0.2, 0) is 24.2 Å². The zero-order valence-corrected chi connectivity index (χ0v) is 10.9. The zero-order chi connectivity index (χ0) is 13.1. The molecule has 2 atom stereocenters. The highest BCUT2D eigenvalue weighted by atomic mass is 17.3.